The van der Waals surface area contributed by atoms with E-state index >= 15 is 0 Å². The average Bonchev–Trinajstić information content (AvgIpc) is 2.78. The summed E-state index contributed by atoms with van der Waals surface area (Å²) in [7, 11) is 0. The number of benzene rings is 2. The highest BCUT2D eigenvalue weighted by atomic mass is 35.5. The molecule has 0 fully saturated rings. The van der Waals surface area contributed by atoms with Gasteiger partial charge in [-0.25, -0.2) is 0 Å². The van der Waals surface area contributed by atoms with Crippen molar-refractivity contribution in [3.05, 3.63) is 53.2 Å². The predicted octanol–water partition coefficient (Wildman–Crippen LogP) is 4.19. The van der Waals surface area contributed by atoms with Crippen LogP contribution in [-0.4, -0.2) is 10.2 Å². The first-order valence-electron chi connectivity index (χ1n) is 5.44. The van der Waals surface area contributed by atoms with E-state index in [2.05, 4.69) is 35.3 Å². The maximum Gasteiger partial charge on any atom is 0.0836 e. The van der Waals surface area contributed by atoms with E-state index in [-0.39, 0.29) is 0 Å². The monoisotopic (exact) mass is 242 g/mol. The molecule has 17 heavy (non-hydrogen) atoms. The van der Waals surface area contributed by atoms with E-state index in [0.29, 0.717) is 5.02 Å². The largest absolute Gasteiger partial charge is 0.276 e. The Kier molecular flexibility index (Phi) is 2.37. The Balaban J connectivity index is 2.28. The van der Waals surface area contributed by atoms with Gasteiger partial charge >= 0.3 is 0 Å². The van der Waals surface area contributed by atoms with Gasteiger partial charge in [-0.15, -0.1) is 0 Å². The lowest BCUT2D eigenvalue weighted by atomic mass is 10.00. The van der Waals surface area contributed by atoms with E-state index in [1.54, 1.807) is 6.20 Å². The molecule has 1 heterocycles. The Hall–Kier alpha value is -1.80. The minimum atomic E-state index is 0.707. The Labute approximate surface area is 104 Å². The van der Waals surface area contributed by atoms with Gasteiger partial charge in [0.15, 0.2) is 0 Å². The Bertz CT molecular complexity index is 686. The molecule has 2 aromatic carbocycles. The van der Waals surface area contributed by atoms with Crippen LogP contribution in [-0.2, 0) is 0 Å². The van der Waals surface area contributed by atoms with Crippen molar-refractivity contribution in [3.63, 3.8) is 0 Å². The minimum Gasteiger partial charge on any atom is -0.276 e. The van der Waals surface area contributed by atoms with E-state index in [0.717, 1.165) is 16.5 Å². The summed E-state index contributed by atoms with van der Waals surface area (Å²) < 4.78 is 0. The second-order valence-corrected chi connectivity index (χ2v) is 4.51. The molecule has 0 unspecified atom stereocenters. The van der Waals surface area contributed by atoms with Gasteiger partial charge in [-0.1, -0.05) is 35.9 Å². The zero-order valence-corrected chi connectivity index (χ0v) is 10.1. The van der Waals surface area contributed by atoms with Gasteiger partial charge in [0.2, 0.25) is 0 Å². The molecule has 1 aromatic heterocycles. The summed E-state index contributed by atoms with van der Waals surface area (Å²) in [5, 5.41) is 8.65. The Morgan fingerprint density at radius 2 is 2.00 bits per heavy atom. The van der Waals surface area contributed by atoms with Gasteiger partial charge in [-0.05, 0) is 35.7 Å². The predicted molar refractivity (Wildman–Crippen MR) is 71.3 cm³/mol. The van der Waals surface area contributed by atoms with Gasteiger partial charge in [0.05, 0.1) is 16.7 Å². The standard InChI is InChI=1S/C14H11ClN2/c1-9-4-2-3-5-12(9)10-6-11-8-16-17-14(11)13(15)7-10/h2-8H,1H3,(H,16,17). The zero-order chi connectivity index (χ0) is 11.8. The second-order valence-electron chi connectivity index (χ2n) is 4.11. The van der Waals surface area contributed by atoms with E-state index in [9.17, 15) is 0 Å². The third-order valence-electron chi connectivity index (χ3n) is 2.96. The summed E-state index contributed by atoms with van der Waals surface area (Å²) in [6, 6.07) is 12.4. The number of nitrogens with zero attached hydrogens (tertiary/aromatic N) is 1. The van der Waals surface area contributed by atoms with Crippen LogP contribution >= 0.6 is 11.6 Å². The van der Waals surface area contributed by atoms with Gasteiger partial charge in [0, 0.05) is 5.39 Å². The number of H-pyrrole nitrogens is 1. The number of rotatable bonds is 1. The summed E-state index contributed by atoms with van der Waals surface area (Å²) >= 11 is 6.23. The van der Waals surface area contributed by atoms with Crippen LogP contribution in [0.3, 0.4) is 0 Å². The average molecular weight is 243 g/mol. The highest BCUT2D eigenvalue weighted by Crippen LogP contribution is 2.30. The lowest BCUT2D eigenvalue weighted by molar-refractivity contribution is 1.12. The van der Waals surface area contributed by atoms with Crippen molar-refractivity contribution in [2.75, 3.05) is 0 Å². The van der Waals surface area contributed by atoms with Crippen molar-refractivity contribution < 1.29 is 0 Å². The summed E-state index contributed by atoms with van der Waals surface area (Å²) in [6.07, 6.45) is 1.79. The molecule has 3 aromatic rings. The molecular formula is C14H11ClN2. The number of fused-ring (bicyclic) bond motifs is 1. The van der Waals surface area contributed by atoms with Gasteiger partial charge in [0.1, 0.15) is 0 Å². The number of aryl methyl sites for hydroxylation is 1. The molecule has 3 heteroatoms. The van der Waals surface area contributed by atoms with Crippen molar-refractivity contribution in [1.29, 1.82) is 0 Å². The Morgan fingerprint density at radius 1 is 1.18 bits per heavy atom. The van der Waals surface area contributed by atoms with Crippen molar-refractivity contribution >= 4 is 22.5 Å². The molecule has 0 aliphatic rings. The molecule has 0 bridgehead atoms. The number of hydrogen-bond donors (Lipinski definition) is 1. The summed E-state index contributed by atoms with van der Waals surface area (Å²) in [5.41, 5.74) is 4.47. The number of aromatic nitrogens is 2. The van der Waals surface area contributed by atoms with Crippen LogP contribution in [0.2, 0.25) is 5.02 Å². The van der Waals surface area contributed by atoms with Gasteiger partial charge in [-0.2, -0.15) is 5.10 Å². The first-order chi connectivity index (χ1) is 8.25. The molecule has 3 rings (SSSR count). The van der Waals surface area contributed by atoms with Crippen LogP contribution in [0.15, 0.2) is 42.6 Å². The maximum absolute atomic E-state index is 6.23. The first kappa shape index (κ1) is 10.4. The Morgan fingerprint density at radius 3 is 2.82 bits per heavy atom. The third-order valence-corrected chi connectivity index (χ3v) is 3.25. The molecular weight excluding hydrogens is 232 g/mol. The number of nitrogens with one attached hydrogen (secondary N) is 1. The molecule has 0 amide bonds. The minimum absolute atomic E-state index is 0.707. The lowest BCUT2D eigenvalue weighted by Gasteiger charge is -2.06. The normalized spacial score (nSPS) is 10.9. The number of hydrogen-bond acceptors (Lipinski definition) is 1. The van der Waals surface area contributed by atoms with Crippen LogP contribution in [0.1, 0.15) is 5.56 Å². The molecule has 0 radical (unpaired) electrons. The summed E-state index contributed by atoms with van der Waals surface area (Å²) in [4.78, 5) is 0. The van der Waals surface area contributed by atoms with E-state index in [1.807, 2.05) is 18.2 Å². The highest BCUT2D eigenvalue weighted by molar-refractivity contribution is 6.35. The third kappa shape index (κ3) is 1.71. The topological polar surface area (TPSA) is 28.7 Å². The fourth-order valence-corrected chi connectivity index (χ4v) is 2.34. The summed E-state index contributed by atoms with van der Waals surface area (Å²) in [5.74, 6) is 0. The van der Waals surface area contributed by atoms with Gasteiger partial charge in [-0.3, -0.25) is 5.10 Å². The van der Waals surface area contributed by atoms with Crippen LogP contribution in [0, 0.1) is 6.92 Å². The molecule has 0 atom stereocenters. The maximum atomic E-state index is 6.23. The van der Waals surface area contributed by atoms with Crippen molar-refractivity contribution in [2.24, 2.45) is 0 Å². The molecule has 84 valence electrons. The van der Waals surface area contributed by atoms with Crippen molar-refractivity contribution in [1.82, 2.24) is 10.2 Å². The summed E-state index contributed by atoms with van der Waals surface area (Å²) in [6.45, 7) is 2.10. The smallest absolute Gasteiger partial charge is 0.0836 e. The van der Waals surface area contributed by atoms with E-state index < -0.39 is 0 Å². The number of aromatic amines is 1. The highest BCUT2D eigenvalue weighted by Gasteiger charge is 2.07. The number of halogens is 1. The SMILES string of the molecule is Cc1ccccc1-c1cc(Cl)c2[nH]ncc2c1. The molecule has 0 saturated heterocycles. The van der Waals surface area contributed by atoms with Crippen molar-refractivity contribution in [2.45, 2.75) is 6.92 Å². The van der Waals surface area contributed by atoms with Crippen LogP contribution in [0.4, 0.5) is 0 Å². The zero-order valence-electron chi connectivity index (χ0n) is 9.37. The second kappa shape index (κ2) is 3.90. The van der Waals surface area contributed by atoms with Crippen LogP contribution in [0.25, 0.3) is 22.0 Å². The molecule has 0 spiro atoms. The fraction of sp³-hybridized carbons (Fsp3) is 0.0714. The fourth-order valence-electron chi connectivity index (χ4n) is 2.07. The lowest BCUT2D eigenvalue weighted by Crippen LogP contribution is -1.83. The van der Waals surface area contributed by atoms with Gasteiger partial charge in [0.25, 0.3) is 0 Å². The molecule has 0 saturated carbocycles. The van der Waals surface area contributed by atoms with E-state index in [1.165, 1.54) is 11.1 Å². The van der Waals surface area contributed by atoms with E-state index in [4.69, 9.17) is 11.6 Å². The molecule has 0 aliphatic carbocycles. The first-order valence-corrected chi connectivity index (χ1v) is 5.82. The van der Waals surface area contributed by atoms with Crippen LogP contribution < -0.4 is 0 Å². The quantitative estimate of drug-likeness (QED) is 0.681. The molecule has 0 aliphatic heterocycles. The van der Waals surface area contributed by atoms with Crippen molar-refractivity contribution in [3.8, 4) is 11.1 Å². The van der Waals surface area contributed by atoms with Crippen LogP contribution in [0.5, 0.6) is 0 Å². The molecule has 2 nitrogen and oxygen atoms in total. The molecule has 1 N–H and O–H groups in total. The van der Waals surface area contributed by atoms with Gasteiger partial charge < -0.3 is 0 Å².